The standard InChI is InChI=1S/C18H16ClN3O3S4/c19-12-3-5-14(6-4-12)29(24,25)22-11-26-10-15(22)17(23)20-8-13-9-28-18(21-13)16-2-1-7-27-16/h1-7,9,15H,8,10-11H2,(H,20,23). The number of hydrogen-bond acceptors (Lipinski definition) is 7. The first-order chi connectivity index (χ1) is 13.9. The van der Waals surface area contributed by atoms with E-state index in [0.717, 1.165) is 15.6 Å². The second-order valence-corrected chi connectivity index (χ2v) is 11.3. The van der Waals surface area contributed by atoms with Crippen LogP contribution in [-0.2, 0) is 21.4 Å². The molecule has 1 aliphatic rings. The SMILES string of the molecule is O=C(NCc1csc(-c2cccs2)n1)C1CSCN1S(=O)(=O)c1ccc(Cl)cc1. The van der Waals surface area contributed by atoms with E-state index in [1.165, 1.54) is 51.7 Å². The van der Waals surface area contributed by atoms with Crippen molar-refractivity contribution in [2.45, 2.75) is 17.5 Å². The van der Waals surface area contributed by atoms with Crippen molar-refractivity contribution >= 4 is 62.0 Å². The van der Waals surface area contributed by atoms with Gasteiger partial charge in [-0.3, -0.25) is 4.79 Å². The Morgan fingerprint density at radius 1 is 1.24 bits per heavy atom. The predicted molar refractivity (Wildman–Crippen MR) is 119 cm³/mol. The lowest BCUT2D eigenvalue weighted by Crippen LogP contribution is -2.46. The zero-order chi connectivity index (χ0) is 20.4. The second-order valence-electron chi connectivity index (χ2n) is 6.20. The van der Waals surface area contributed by atoms with E-state index in [1.54, 1.807) is 11.3 Å². The van der Waals surface area contributed by atoms with Crippen LogP contribution in [0.15, 0.2) is 52.1 Å². The largest absolute Gasteiger partial charge is 0.349 e. The van der Waals surface area contributed by atoms with E-state index < -0.39 is 16.1 Å². The van der Waals surface area contributed by atoms with Gasteiger partial charge in [-0.1, -0.05) is 17.7 Å². The van der Waals surface area contributed by atoms with Gasteiger partial charge in [-0.15, -0.1) is 34.4 Å². The summed E-state index contributed by atoms with van der Waals surface area (Å²) in [6.45, 7) is 0.261. The van der Waals surface area contributed by atoms with Gasteiger partial charge in [0.2, 0.25) is 15.9 Å². The number of rotatable bonds is 6. The highest BCUT2D eigenvalue weighted by Gasteiger charge is 2.39. The first-order valence-corrected chi connectivity index (χ1v) is 13.3. The number of thioether (sulfide) groups is 1. The molecule has 1 amide bonds. The Bertz CT molecular complexity index is 1100. The Hall–Kier alpha value is -1.43. The van der Waals surface area contributed by atoms with Gasteiger partial charge in [0.05, 0.1) is 27.9 Å². The fourth-order valence-corrected chi connectivity index (χ4v) is 7.72. The monoisotopic (exact) mass is 485 g/mol. The molecule has 0 radical (unpaired) electrons. The van der Waals surface area contributed by atoms with Crippen LogP contribution in [-0.4, -0.2) is 41.3 Å². The van der Waals surface area contributed by atoms with Crippen molar-refractivity contribution in [3.05, 3.63) is 57.9 Å². The fraction of sp³-hybridized carbons (Fsp3) is 0.222. The maximum Gasteiger partial charge on any atom is 0.244 e. The van der Waals surface area contributed by atoms with Crippen LogP contribution in [0, 0.1) is 0 Å². The van der Waals surface area contributed by atoms with Crippen LogP contribution in [0.2, 0.25) is 5.02 Å². The van der Waals surface area contributed by atoms with Crippen molar-refractivity contribution < 1.29 is 13.2 Å². The average Bonchev–Trinajstić information content (AvgIpc) is 3.47. The van der Waals surface area contributed by atoms with Crippen LogP contribution in [0.3, 0.4) is 0 Å². The minimum absolute atomic E-state index is 0.127. The number of hydrogen-bond donors (Lipinski definition) is 1. The van der Waals surface area contributed by atoms with Gasteiger partial charge in [-0.2, -0.15) is 4.31 Å². The summed E-state index contributed by atoms with van der Waals surface area (Å²) in [6, 6.07) is 9.18. The summed E-state index contributed by atoms with van der Waals surface area (Å²) in [5, 5.41) is 8.09. The van der Waals surface area contributed by atoms with Gasteiger partial charge in [0.25, 0.3) is 0 Å². The molecule has 2 aromatic heterocycles. The Morgan fingerprint density at radius 2 is 2.03 bits per heavy atom. The summed E-state index contributed by atoms with van der Waals surface area (Å²) >= 11 is 10.4. The number of carbonyl (C=O) groups excluding carboxylic acids is 1. The maximum atomic E-state index is 12.9. The molecule has 0 bridgehead atoms. The third-order valence-corrected chi connectivity index (χ3v) is 9.52. The zero-order valence-electron chi connectivity index (χ0n) is 14.9. The molecular weight excluding hydrogens is 470 g/mol. The molecule has 6 nitrogen and oxygen atoms in total. The first kappa shape index (κ1) is 20.8. The number of sulfonamides is 1. The molecule has 3 aromatic rings. The van der Waals surface area contributed by atoms with Crippen LogP contribution in [0.4, 0.5) is 0 Å². The van der Waals surface area contributed by atoms with E-state index in [2.05, 4.69) is 10.3 Å². The fourth-order valence-electron chi connectivity index (χ4n) is 2.81. The first-order valence-electron chi connectivity index (χ1n) is 8.56. The summed E-state index contributed by atoms with van der Waals surface area (Å²) in [6.07, 6.45) is 0. The molecule has 3 heterocycles. The number of aromatic nitrogens is 1. The Morgan fingerprint density at radius 3 is 2.76 bits per heavy atom. The number of nitrogens with zero attached hydrogens (tertiary/aromatic N) is 2. The number of amides is 1. The smallest absolute Gasteiger partial charge is 0.244 e. The second kappa shape index (κ2) is 8.75. The number of carbonyl (C=O) groups is 1. The molecular formula is C18H16ClN3O3S4. The molecule has 152 valence electrons. The molecule has 1 unspecified atom stereocenters. The van der Waals surface area contributed by atoms with E-state index in [1.807, 2.05) is 22.9 Å². The van der Waals surface area contributed by atoms with E-state index in [9.17, 15) is 13.2 Å². The van der Waals surface area contributed by atoms with E-state index in [-0.39, 0.29) is 23.2 Å². The zero-order valence-corrected chi connectivity index (χ0v) is 19.0. The van der Waals surface area contributed by atoms with Crippen LogP contribution < -0.4 is 5.32 Å². The Labute approximate surface area is 186 Å². The summed E-state index contributed by atoms with van der Waals surface area (Å²) in [7, 11) is -3.78. The van der Waals surface area contributed by atoms with Crippen molar-refractivity contribution in [2.24, 2.45) is 0 Å². The molecule has 1 fully saturated rings. The maximum absolute atomic E-state index is 12.9. The molecule has 29 heavy (non-hydrogen) atoms. The lowest BCUT2D eigenvalue weighted by atomic mass is 10.3. The Balaban J connectivity index is 1.43. The summed E-state index contributed by atoms with van der Waals surface area (Å²) < 4.78 is 27.1. The van der Waals surface area contributed by atoms with E-state index in [4.69, 9.17) is 11.6 Å². The molecule has 4 rings (SSSR count). The van der Waals surface area contributed by atoms with Gasteiger partial charge in [0, 0.05) is 16.2 Å². The number of benzene rings is 1. The molecule has 1 aromatic carbocycles. The van der Waals surface area contributed by atoms with Gasteiger partial charge in [-0.05, 0) is 35.7 Å². The highest BCUT2D eigenvalue weighted by atomic mass is 35.5. The molecule has 1 aliphatic heterocycles. The van der Waals surface area contributed by atoms with Gasteiger partial charge < -0.3 is 5.32 Å². The summed E-state index contributed by atoms with van der Waals surface area (Å²) in [4.78, 5) is 18.5. The van der Waals surface area contributed by atoms with E-state index >= 15 is 0 Å². The number of thiophene rings is 1. The summed E-state index contributed by atoms with van der Waals surface area (Å²) in [5.41, 5.74) is 0.754. The molecule has 1 N–H and O–H groups in total. The van der Waals surface area contributed by atoms with Gasteiger partial charge in [0.1, 0.15) is 11.0 Å². The lowest BCUT2D eigenvalue weighted by molar-refractivity contribution is -0.124. The normalized spacial score (nSPS) is 17.5. The minimum atomic E-state index is -3.78. The molecule has 11 heteroatoms. The highest BCUT2D eigenvalue weighted by Crippen LogP contribution is 2.30. The predicted octanol–water partition coefficient (Wildman–Crippen LogP) is 3.91. The molecule has 1 saturated heterocycles. The van der Waals surface area contributed by atoms with Gasteiger partial charge in [-0.25, -0.2) is 13.4 Å². The van der Waals surface area contributed by atoms with Gasteiger partial charge in [0.15, 0.2) is 0 Å². The number of halogens is 1. The van der Waals surface area contributed by atoms with Crippen molar-refractivity contribution in [3.8, 4) is 9.88 Å². The minimum Gasteiger partial charge on any atom is -0.349 e. The van der Waals surface area contributed by atoms with Crippen molar-refractivity contribution in [2.75, 3.05) is 11.6 Å². The van der Waals surface area contributed by atoms with Crippen LogP contribution in [0.5, 0.6) is 0 Å². The number of thiazole rings is 1. The quantitative estimate of drug-likeness (QED) is 0.572. The van der Waals surface area contributed by atoms with Crippen molar-refractivity contribution in [3.63, 3.8) is 0 Å². The van der Waals surface area contributed by atoms with Crippen molar-refractivity contribution in [1.29, 1.82) is 0 Å². The third kappa shape index (κ3) is 4.52. The highest BCUT2D eigenvalue weighted by molar-refractivity contribution is 8.00. The number of nitrogens with one attached hydrogen (secondary N) is 1. The molecule has 0 saturated carbocycles. The summed E-state index contributed by atoms with van der Waals surface area (Å²) in [5.74, 6) is 0.330. The van der Waals surface area contributed by atoms with Gasteiger partial charge >= 0.3 is 0 Å². The Kier molecular flexibility index (Phi) is 6.28. The molecule has 1 atom stereocenters. The van der Waals surface area contributed by atoms with Crippen LogP contribution in [0.1, 0.15) is 5.69 Å². The van der Waals surface area contributed by atoms with Crippen molar-refractivity contribution in [1.82, 2.24) is 14.6 Å². The van der Waals surface area contributed by atoms with Crippen LogP contribution >= 0.6 is 46.0 Å². The molecule has 0 aliphatic carbocycles. The topological polar surface area (TPSA) is 79.4 Å². The molecule has 0 spiro atoms. The lowest BCUT2D eigenvalue weighted by Gasteiger charge is -2.22. The van der Waals surface area contributed by atoms with Crippen LogP contribution in [0.25, 0.3) is 9.88 Å². The third-order valence-electron chi connectivity index (χ3n) is 4.29. The van der Waals surface area contributed by atoms with E-state index in [0.29, 0.717) is 10.8 Å². The average molecular weight is 486 g/mol.